The van der Waals surface area contributed by atoms with E-state index in [1.807, 2.05) is 17.5 Å². The number of pyridine rings is 1. The summed E-state index contributed by atoms with van der Waals surface area (Å²) in [6.45, 7) is 0. The van der Waals surface area contributed by atoms with Gasteiger partial charge in [-0.2, -0.15) is 0 Å². The summed E-state index contributed by atoms with van der Waals surface area (Å²) in [5, 5.41) is 2.38. The van der Waals surface area contributed by atoms with Crippen LogP contribution in [-0.4, -0.2) is 10.8 Å². The van der Waals surface area contributed by atoms with Crippen molar-refractivity contribution in [1.82, 2.24) is 4.98 Å². The Balaban J connectivity index is 1.98. The quantitative estimate of drug-likeness (QED) is 0.614. The van der Waals surface area contributed by atoms with Crippen LogP contribution in [0.15, 0.2) is 35.8 Å². The van der Waals surface area contributed by atoms with Gasteiger partial charge in [0.05, 0.1) is 0 Å². The molecule has 0 saturated carbocycles. The summed E-state index contributed by atoms with van der Waals surface area (Å²) in [7, 11) is 0. The third kappa shape index (κ3) is 2.90. The van der Waals surface area contributed by atoms with Crippen LogP contribution in [0.3, 0.4) is 0 Å². The molecule has 2 rings (SSSR count). The molecule has 0 amide bonds. The van der Waals surface area contributed by atoms with Crippen molar-refractivity contribution in [3.63, 3.8) is 0 Å². The molecule has 0 atom stereocenters. The molecule has 0 saturated heterocycles. The maximum Gasteiger partial charge on any atom is 0.163 e. The summed E-state index contributed by atoms with van der Waals surface area (Å²) in [6, 6.07) is 7.34. The van der Waals surface area contributed by atoms with Crippen molar-refractivity contribution in [2.75, 3.05) is 0 Å². The zero-order chi connectivity index (χ0) is 11.4. The topological polar surface area (TPSA) is 30.0 Å². The second-order valence-electron chi connectivity index (χ2n) is 3.37. The first kappa shape index (κ1) is 11.3. The zero-order valence-electron chi connectivity index (χ0n) is 8.52. The van der Waals surface area contributed by atoms with Gasteiger partial charge in [0.2, 0.25) is 0 Å². The van der Waals surface area contributed by atoms with Gasteiger partial charge < -0.3 is 0 Å². The van der Waals surface area contributed by atoms with Crippen molar-refractivity contribution in [3.8, 4) is 0 Å². The van der Waals surface area contributed by atoms with Crippen LogP contribution in [0.5, 0.6) is 0 Å². The molecular weight excluding hydrogens is 242 g/mol. The van der Waals surface area contributed by atoms with E-state index in [4.69, 9.17) is 11.6 Å². The minimum atomic E-state index is 0.109. The molecule has 2 heterocycles. The van der Waals surface area contributed by atoms with Crippen molar-refractivity contribution < 1.29 is 4.79 Å². The number of halogens is 1. The van der Waals surface area contributed by atoms with Crippen LogP contribution in [0.4, 0.5) is 0 Å². The molecule has 0 N–H and O–H groups in total. The zero-order valence-corrected chi connectivity index (χ0v) is 10.1. The van der Waals surface area contributed by atoms with Gasteiger partial charge in [0.1, 0.15) is 5.15 Å². The summed E-state index contributed by atoms with van der Waals surface area (Å²) in [6.07, 6.45) is 2.86. The first-order valence-corrected chi connectivity index (χ1v) is 6.18. The Bertz CT molecular complexity index is 482. The number of carbonyl (C=O) groups excluding carboxylic acids is 1. The minimum absolute atomic E-state index is 0.109. The fourth-order valence-corrected chi connectivity index (χ4v) is 2.29. The van der Waals surface area contributed by atoms with E-state index in [0.29, 0.717) is 17.1 Å². The molecule has 2 aromatic rings. The minimum Gasteiger partial charge on any atom is -0.294 e. The van der Waals surface area contributed by atoms with Gasteiger partial charge in [-0.15, -0.1) is 11.3 Å². The predicted octanol–water partition coefficient (Wildman–Crippen LogP) is 3.61. The lowest BCUT2D eigenvalue weighted by atomic mass is 10.1. The van der Waals surface area contributed by atoms with E-state index < -0.39 is 0 Å². The van der Waals surface area contributed by atoms with Crippen LogP contribution >= 0.6 is 22.9 Å². The highest BCUT2D eigenvalue weighted by Gasteiger charge is 2.07. The number of ketones is 1. The van der Waals surface area contributed by atoms with E-state index in [1.165, 1.54) is 4.88 Å². The van der Waals surface area contributed by atoms with Gasteiger partial charge in [0, 0.05) is 23.1 Å². The third-order valence-corrected chi connectivity index (χ3v) is 3.37. The standard InChI is InChI=1S/C12H10ClNOS/c13-12-8-9(5-6-14-12)11(15)4-3-10-2-1-7-16-10/h1-2,5-8H,3-4H2. The highest BCUT2D eigenvalue weighted by Crippen LogP contribution is 2.14. The van der Waals surface area contributed by atoms with E-state index in [2.05, 4.69) is 4.98 Å². The normalized spacial score (nSPS) is 10.3. The van der Waals surface area contributed by atoms with Crippen LogP contribution in [0.25, 0.3) is 0 Å². The smallest absolute Gasteiger partial charge is 0.163 e. The first-order chi connectivity index (χ1) is 7.75. The van der Waals surface area contributed by atoms with E-state index in [9.17, 15) is 4.79 Å². The number of thiophene rings is 1. The van der Waals surface area contributed by atoms with Crippen molar-refractivity contribution >= 4 is 28.7 Å². The Labute approximate surface area is 103 Å². The summed E-state index contributed by atoms with van der Waals surface area (Å²) in [5.74, 6) is 0.109. The van der Waals surface area contributed by atoms with Crippen LogP contribution in [-0.2, 0) is 6.42 Å². The summed E-state index contributed by atoms with van der Waals surface area (Å²) in [5.41, 5.74) is 0.636. The summed E-state index contributed by atoms with van der Waals surface area (Å²) in [4.78, 5) is 16.9. The van der Waals surface area contributed by atoms with E-state index in [0.717, 1.165) is 6.42 Å². The number of aryl methyl sites for hydroxylation is 1. The first-order valence-electron chi connectivity index (χ1n) is 4.93. The van der Waals surface area contributed by atoms with Crippen molar-refractivity contribution in [2.24, 2.45) is 0 Å². The molecule has 0 unspecified atom stereocenters. The molecule has 0 aliphatic rings. The monoisotopic (exact) mass is 251 g/mol. The lowest BCUT2D eigenvalue weighted by Crippen LogP contribution is -2.00. The Kier molecular flexibility index (Phi) is 3.70. The largest absolute Gasteiger partial charge is 0.294 e. The molecule has 2 aromatic heterocycles. The number of rotatable bonds is 4. The lowest BCUT2D eigenvalue weighted by Gasteiger charge is -1.99. The number of carbonyl (C=O) groups is 1. The molecule has 2 nitrogen and oxygen atoms in total. The highest BCUT2D eigenvalue weighted by molar-refractivity contribution is 7.09. The average molecular weight is 252 g/mol. The number of aromatic nitrogens is 1. The Morgan fingerprint density at radius 3 is 3.00 bits per heavy atom. The Morgan fingerprint density at radius 1 is 1.44 bits per heavy atom. The molecule has 0 bridgehead atoms. The molecule has 0 spiro atoms. The molecule has 0 aliphatic carbocycles. The molecule has 82 valence electrons. The third-order valence-electron chi connectivity index (χ3n) is 2.23. The lowest BCUT2D eigenvalue weighted by molar-refractivity contribution is 0.0983. The SMILES string of the molecule is O=C(CCc1cccs1)c1ccnc(Cl)c1. The van der Waals surface area contributed by atoms with Gasteiger partial charge in [-0.3, -0.25) is 4.79 Å². The summed E-state index contributed by atoms with van der Waals surface area (Å²) < 4.78 is 0. The van der Waals surface area contributed by atoms with Crippen molar-refractivity contribution in [3.05, 3.63) is 51.4 Å². The fourth-order valence-electron chi connectivity index (χ4n) is 1.41. The second kappa shape index (κ2) is 5.23. The number of hydrogen-bond donors (Lipinski definition) is 0. The van der Waals surface area contributed by atoms with Gasteiger partial charge in [-0.25, -0.2) is 4.98 Å². The molecular formula is C12H10ClNOS. The maximum absolute atomic E-state index is 11.8. The van der Waals surface area contributed by atoms with Crippen LogP contribution < -0.4 is 0 Å². The Morgan fingerprint density at radius 2 is 2.31 bits per heavy atom. The predicted molar refractivity (Wildman–Crippen MR) is 66.2 cm³/mol. The van der Waals surface area contributed by atoms with Gasteiger partial charge in [-0.1, -0.05) is 17.7 Å². The summed E-state index contributed by atoms with van der Waals surface area (Å²) >= 11 is 7.40. The van der Waals surface area contributed by atoms with Gasteiger partial charge in [-0.05, 0) is 30.0 Å². The molecule has 4 heteroatoms. The van der Waals surface area contributed by atoms with Crippen molar-refractivity contribution in [1.29, 1.82) is 0 Å². The van der Waals surface area contributed by atoms with E-state index >= 15 is 0 Å². The van der Waals surface area contributed by atoms with E-state index in [-0.39, 0.29) is 5.78 Å². The molecule has 0 radical (unpaired) electrons. The molecule has 0 aliphatic heterocycles. The number of nitrogens with zero attached hydrogens (tertiary/aromatic N) is 1. The van der Waals surface area contributed by atoms with Crippen molar-refractivity contribution in [2.45, 2.75) is 12.8 Å². The number of hydrogen-bond acceptors (Lipinski definition) is 3. The highest BCUT2D eigenvalue weighted by atomic mass is 35.5. The van der Waals surface area contributed by atoms with Crippen LogP contribution in [0, 0.1) is 0 Å². The second-order valence-corrected chi connectivity index (χ2v) is 4.79. The Hall–Kier alpha value is -1.19. The maximum atomic E-state index is 11.8. The van der Waals surface area contributed by atoms with Gasteiger partial charge in [0.25, 0.3) is 0 Å². The average Bonchev–Trinajstić information content (AvgIpc) is 2.78. The van der Waals surface area contributed by atoms with Gasteiger partial charge >= 0.3 is 0 Å². The molecule has 0 fully saturated rings. The number of Topliss-reactive ketones (excluding diaryl/α,β-unsaturated/α-hetero) is 1. The van der Waals surface area contributed by atoms with Gasteiger partial charge in [0.15, 0.2) is 5.78 Å². The fraction of sp³-hybridized carbons (Fsp3) is 0.167. The van der Waals surface area contributed by atoms with E-state index in [1.54, 1.807) is 29.7 Å². The van der Waals surface area contributed by atoms with Crippen LogP contribution in [0.1, 0.15) is 21.7 Å². The van der Waals surface area contributed by atoms with Crippen LogP contribution in [0.2, 0.25) is 5.15 Å². The molecule has 0 aromatic carbocycles. The molecule has 16 heavy (non-hydrogen) atoms.